The molecule has 0 saturated heterocycles. The summed E-state index contributed by atoms with van der Waals surface area (Å²) in [4.78, 5) is 2.88. The van der Waals surface area contributed by atoms with Crippen LogP contribution in [0.1, 0.15) is 36.1 Å². The van der Waals surface area contributed by atoms with Gasteiger partial charge in [-0.1, -0.05) is 13.8 Å². The van der Waals surface area contributed by atoms with E-state index in [0.29, 0.717) is 6.04 Å². The molecule has 0 fully saturated rings. The molecule has 1 heterocycles. The van der Waals surface area contributed by atoms with Gasteiger partial charge in [0.05, 0.1) is 0 Å². The van der Waals surface area contributed by atoms with E-state index in [4.69, 9.17) is 0 Å². The molecule has 0 saturated carbocycles. The maximum Gasteiger partial charge on any atom is 0.0302 e. The molecule has 0 aromatic carbocycles. The first-order valence-corrected chi connectivity index (χ1v) is 7.30. The van der Waals surface area contributed by atoms with E-state index >= 15 is 0 Å². The Balaban J connectivity index is 2.21. The quantitative estimate of drug-likeness (QED) is 0.781. The van der Waals surface area contributed by atoms with Crippen molar-refractivity contribution in [1.82, 2.24) is 10.6 Å². The van der Waals surface area contributed by atoms with Gasteiger partial charge in [-0.25, -0.2) is 0 Å². The largest absolute Gasteiger partial charge is 0.315 e. The van der Waals surface area contributed by atoms with Gasteiger partial charge in [0.1, 0.15) is 0 Å². The third-order valence-electron chi connectivity index (χ3n) is 2.84. The average Bonchev–Trinajstić information content (AvgIpc) is 2.55. The first-order valence-electron chi connectivity index (χ1n) is 6.49. The lowest BCUT2D eigenvalue weighted by molar-refractivity contribution is 0.473. The van der Waals surface area contributed by atoms with Gasteiger partial charge >= 0.3 is 0 Å². The normalized spacial score (nSPS) is 13.3. The fraction of sp³-hybridized carbons (Fsp3) is 0.714. The summed E-state index contributed by atoms with van der Waals surface area (Å²) in [5, 5.41) is 7.04. The minimum atomic E-state index is 0.525. The van der Waals surface area contributed by atoms with E-state index in [0.717, 1.165) is 25.6 Å². The highest BCUT2D eigenvalue weighted by Crippen LogP contribution is 2.20. The minimum absolute atomic E-state index is 0.525. The second kappa shape index (κ2) is 7.14. The second-order valence-corrected chi connectivity index (χ2v) is 6.63. The van der Waals surface area contributed by atoms with E-state index in [-0.39, 0.29) is 0 Å². The van der Waals surface area contributed by atoms with E-state index in [1.54, 1.807) is 0 Å². The number of thiophene rings is 1. The standard InChI is InChI=1S/C14H26N2S/c1-10(2)7-15-8-12(4)16-9-14-6-11(3)13(5)17-14/h6,10,12,15-16H,7-9H2,1-5H3. The zero-order valence-corrected chi connectivity index (χ0v) is 12.6. The monoisotopic (exact) mass is 254 g/mol. The van der Waals surface area contributed by atoms with Crippen molar-refractivity contribution in [3.63, 3.8) is 0 Å². The van der Waals surface area contributed by atoms with Crippen LogP contribution in [0.25, 0.3) is 0 Å². The molecule has 98 valence electrons. The topological polar surface area (TPSA) is 24.1 Å². The Morgan fingerprint density at radius 2 is 1.88 bits per heavy atom. The van der Waals surface area contributed by atoms with Crippen LogP contribution in [0.15, 0.2) is 6.07 Å². The first-order chi connectivity index (χ1) is 7.99. The third-order valence-corrected chi connectivity index (χ3v) is 4.00. The molecule has 0 bridgehead atoms. The Morgan fingerprint density at radius 3 is 2.41 bits per heavy atom. The van der Waals surface area contributed by atoms with Gasteiger partial charge in [0, 0.05) is 28.9 Å². The SMILES string of the molecule is Cc1cc(CNC(C)CNCC(C)C)sc1C. The van der Waals surface area contributed by atoms with Crippen LogP contribution in [-0.4, -0.2) is 19.1 Å². The maximum atomic E-state index is 3.56. The zero-order chi connectivity index (χ0) is 12.8. The van der Waals surface area contributed by atoms with Crippen LogP contribution in [0.2, 0.25) is 0 Å². The lowest BCUT2D eigenvalue weighted by Gasteiger charge is -2.15. The summed E-state index contributed by atoms with van der Waals surface area (Å²) in [6.45, 7) is 14.2. The predicted octanol–water partition coefficient (Wildman–Crippen LogP) is 3.09. The summed E-state index contributed by atoms with van der Waals surface area (Å²) in [6, 6.07) is 2.82. The van der Waals surface area contributed by atoms with Gasteiger partial charge in [0.25, 0.3) is 0 Å². The summed E-state index contributed by atoms with van der Waals surface area (Å²) in [5.74, 6) is 0.727. The van der Waals surface area contributed by atoms with Gasteiger partial charge in [0.15, 0.2) is 0 Å². The molecule has 0 spiro atoms. The zero-order valence-electron chi connectivity index (χ0n) is 11.8. The molecule has 1 unspecified atom stereocenters. The minimum Gasteiger partial charge on any atom is -0.315 e. The molecule has 0 radical (unpaired) electrons. The summed E-state index contributed by atoms with van der Waals surface area (Å²) >= 11 is 1.90. The highest BCUT2D eigenvalue weighted by Gasteiger charge is 2.04. The molecule has 2 N–H and O–H groups in total. The lowest BCUT2D eigenvalue weighted by atomic mass is 10.2. The van der Waals surface area contributed by atoms with Crippen molar-refractivity contribution >= 4 is 11.3 Å². The van der Waals surface area contributed by atoms with E-state index in [9.17, 15) is 0 Å². The molecular weight excluding hydrogens is 228 g/mol. The third kappa shape index (κ3) is 5.66. The summed E-state index contributed by atoms with van der Waals surface area (Å²) < 4.78 is 0. The van der Waals surface area contributed by atoms with Crippen molar-refractivity contribution in [3.05, 3.63) is 21.4 Å². The molecule has 17 heavy (non-hydrogen) atoms. The molecule has 1 aromatic rings. The van der Waals surface area contributed by atoms with Crippen molar-refractivity contribution in [2.45, 2.75) is 47.2 Å². The number of rotatable bonds is 7. The van der Waals surface area contributed by atoms with E-state index in [2.05, 4.69) is 51.3 Å². The van der Waals surface area contributed by atoms with Gasteiger partial charge in [-0.3, -0.25) is 0 Å². The molecule has 0 aliphatic heterocycles. The first kappa shape index (κ1) is 14.7. The number of aryl methyl sites for hydroxylation is 2. The highest BCUT2D eigenvalue weighted by atomic mass is 32.1. The van der Waals surface area contributed by atoms with E-state index in [1.807, 2.05) is 11.3 Å². The van der Waals surface area contributed by atoms with Crippen molar-refractivity contribution in [1.29, 1.82) is 0 Å². The fourth-order valence-electron chi connectivity index (χ4n) is 1.67. The van der Waals surface area contributed by atoms with Crippen LogP contribution in [0.5, 0.6) is 0 Å². The summed E-state index contributed by atoms with van der Waals surface area (Å²) in [7, 11) is 0. The Kier molecular flexibility index (Phi) is 6.17. The maximum absolute atomic E-state index is 3.56. The fourth-order valence-corrected chi connectivity index (χ4v) is 2.68. The Morgan fingerprint density at radius 1 is 1.18 bits per heavy atom. The molecule has 0 amide bonds. The Labute approximate surface area is 110 Å². The van der Waals surface area contributed by atoms with Crippen molar-refractivity contribution in [2.24, 2.45) is 5.92 Å². The highest BCUT2D eigenvalue weighted by molar-refractivity contribution is 7.12. The summed E-state index contributed by atoms with van der Waals surface area (Å²) in [6.07, 6.45) is 0. The van der Waals surface area contributed by atoms with Crippen molar-refractivity contribution < 1.29 is 0 Å². The summed E-state index contributed by atoms with van der Waals surface area (Å²) in [5.41, 5.74) is 1.41. The van der Waals surface area contributed by atoms with Crippen LogP contribution in [-0.2, 0) is 6.54 Å². The van der Waals surface area contributed by atoms with Crippen molar-refractivity contribution in [2.75, 3.05) is 13.1 Å². The lowest BCUT2D eigenvalue weighted by Crippen LogP contribution is -2.37. The van der Waals surface area contributed by atoms with Crippen LogP contribution < -0.4 is 10.6 Å². The van der Waals surface area contributed by atoms with Gasteiger partial charge in [-0.2, -0.15) is 0 Å². The molecule has 1 rings (SSSR count). The predicted molar refractivity (Wildman–Crippen MR) is 77.8 cm³/mol. The van der Waals surface area contributed by atoms with Gasteiger partial charge < -0.3 is 10.6 Å². The van der Waals surface area contributed by atoms with Gasteiger partial charge in [0.2, 0.25) is 0 Å². The van der Waals surface area contributed by atoms with Crippen LogP contribution >= 0.6 is 11.3 Å². The van der Waals surface area contributed by atoms with Crippen molar-refractivity contribution in [3.8, 4) is 0 Å². The number of nitrogens with one attached hydrogen (secondary N) is 2. The van der Waals surface area contributed by atoms with E-state index < -0.39 is 0 Å². The number of hydrogen-bond donors (Lipinski definition) is 2. The van der Waals surface area contributed by atoms with Gasteiger partial charge in [-0.15, -0.1) is 11.3 Å². The van der Waals surface area contributed by atoms with E-state index in [1.165, 1.54) is 15.3 Å². The molecule has 1 atom stereocenters. The molecule has 2 nitrogen and oxygen atoms in total. The van der Waals surface area contributed by atoms with Crippen LogP contribution in [0.4, 0.5) is 0 Å². The Bertz CT molecular complexity index is 311. The smallest absolute Gasteiger partial charge is 0.0302 e. The number of hydrogen-bond acceptors (Lipinski definition) is 3. The van der Waals surface area contributed by atoms with Crippen LogP contribution in [0.3, 0.4) is 0 Å². The molecule has 3 heteroatoms. The van der Waals surface area contributed by atoms with Crippen LogP contribution in [0, 0.1) is 19.8 Å². The second-order valence-electron chi connectivity index (χ2n) is 5.29. The molecule has 1 aromatic heterocycles. The Hall–Kier alpha value is -0.380. The molecule has 0 aliphatic rings. The van der Waals surface area contributed by atoms with Gasteiger partial charge in [-0.05, 0) is 44.9 Å². The molecular formula is C14H26N2S. The average molecular weight is 254 g/mol. The molecule has 0 aliphatic carbocycles.